The van der Waals surface area contributed by atoms with E-state index in [1.807, 2.05) is 0 Å². The summed E-state index contributed by atoms with van der Waals surface area (Å²) in [6.45, 7) is 0. The second-order valence-electron chi connectivity index (χ2n) is 9.15. The summed E-state index contributed by atoms with van der Waals surface area (Å²) in [5.74, 6) is -3.38. The van der Waals surface area contributed by atoms with Crippen molar-refractivity contribution in [3.8, 4) is 0 Å². The average Bonchev–Trinajstić information content (AvgIpc) is 3.02. The molecule has 13 heteroatoms. The number of carboxylic acids is 4. The first kappa shape index (κ1) is 28.9. The summed E-state index contributed by atoms with van der Waals surface area (Å²) >= 11 is 0. The number of nitrogens with zero attached hydrogens (tertiary/aromatic N) is 5. The van der Waals surface area contributed by atoms with Gasteiger partial charge in [0.25, 0.3) is 0 Å². The van der Waals surface area contributed by atoms with E-state index in [0.717, 1.165) is 0 Å². The van der Waals surface area contributed by atoms with Crippen molar-refractivity contribution in [1.82, 2.24) is 15.0 Å². The number of anilines is 6. The molecule has 0 atom stereocenters. The van der Waals surface area contributed by atoms with Gasteiger partial charge in [-0.25, -0.2) is 34.1 Å². The van der Waals surface area contributed by atoms with Crippen molar-refractivity contribution < 1.29 is 39.6 Å². The molecule has 0 aliphatic heterocycles. The largest absolute Gasteiger partial charge is 0.478 e. The molecule has 0 aliphatic carbocycles. The van der Waals surface area contributed by atoms with E-state index in [9.17, 15) is 39.6 Å². The van der Waals surface area contributed by atoms with Crippen LogP contribution in [0.3, 0.4) is 0 Å². The minimum atomic E-state index is -1.16. The Bertz CT molecular complexity index is 1610. The highest BCUT2D eigenvalue weighted by molar-refractivity contribution is 5.91. The maximum Gasteiger partial charge on any atom is 0.337 e. The Labute approximate surface area is 248 Å². The molecule has 13 nitrogen and oxygen atoms in total. The molecular weight excluding hydrogens is 570 g/mol. The van der Waals surface area contributed by atoms with Crippen molar-refractivity contribution in [3.05, 3.63) is 126 Å². The Balaban J connectivity index is 1.66. The summed E-state index contributed by atoms with van der Waals surface area (Å²) in [5, 5.41) is 37.4. The molecule has 0 spiro atoms. The third-order valence-electron chi connectivity index (χ3n) is 6.37. The topological polar surface area (TPSA) is 194 Å². The standard InChI is InChI=1S/C31H21N5O8/c37-28(38)18-4-10-22(11-5-18)35(24-14-8-20(16-32-24)30(41)42)26-2-1-3-27(34-26)36(23-12-6-19(7-13-23)29(39)40)25-15-9-21(17-33-25)31(43)44/h1-17H,(H,37,38)(H,39,40)(H,41,42)(H,43,44). The molecule has 218 valence electrons. The van der Waals surface area contributed by atoms with Gasteiger partial charge in [0.05, 0.1) is 22.3 Å². The SMILES string of the molecule is O=C(O)c1ccc(N(c2ccc(C(=O)O)cn2)c2cccc(N(c3ccc(C(=O)O)cc3)c3ccc(C(=O)O)cn3)n2)cc1. The molecule has 3 heterocycles. The van der Waals surface area contributed by atoms with E-state index in [4.69, 9.17) is 4.98 Å². The lowest BCUT2D eigenvalue weighted by Crippen LogP contribution is -2.17. The summed E-state index contributed by atoms with van der Waals surface area (Å²) in [7, 11) is 0. The van der Waals surface area contributed by atoms with Crippen LogP contribution < -0.4 is 9.80 Å². The van der Waals surface area contributed by atoms with Gasteiger partial charge in [-0.3, -0.25) is 9.80 Å². The van der Waals surface area contributed by atoms with Gasteiger partial charge in [-0.15, -0.1) is 0 Å². The van der Waals surface area contributed by atoms with Crippen LogP contribution in [0, 0.1) is 0 Å². The summed E-state index contributed by atoms with van der Waals surface area (Å²) < 4.78 is 0. The highest BCUT2D eigenvalue weighted by atomic mass is 16.4. The van der Waals surface area contributed by atoms with Crippen LogP contribution in [0.25, 0.3) is 0 Å². The number of carbonyl (C=O) groups is 4. The lowest BCUT2D eigenvalue weighted by Gasteiger charge is -2.27. The molecule has 0 unspecified atom stereocenters. The van der Waals surface area contributed by atoms with Crippen LogP contribution in [0.15, 0.2) is 103 Å². The number of hydrogen-bond donors (Lipinski definition) is 4. The molecule has 5 rings (SSSR count). The number of hydrogen-bond acceptors (Lipinski definition) is 9. The fourth-order valence-electron chi connectivity index (χ4n) is 4.22. The van der Waals surface area contributed by atoms with E-state index in [1.165, 1.54) is 60.9 Å². The second-order valence-corrected chi connectivity index (χ2v) is 9.15. The van der Waals surface area contributed by atoms with Crippen LogP contribution in [0.4, 0.5) is 34.6 Å². The van der Waals surface area contributed by atoms with Crippen LogP contribution in [0.1, 0.15) is 41.4 Å². The van der Waals surface area contributed by atoms with Gasteiger partial charge in [0.2, 0.25) is 0 Å². The molecule has 44 heavy (non-hydrogen) atoms. The van der Waals surface area contributed by atoms with Gasteiger partial charge in [0.1, 0.15) is 23.3 Å². The molecule has 0 amide bonds. The first-order chi connectivity index (χ1) is 21.1. The summed E-state index contributed by atoms with van der Waals surface area (Å²) in [6.07, 6.45) is 2.37. The second kappa shape index (κ2) is 12.1. The lowest BCUT2D eigenvalue weighted by atomic mass is 10.2. The molecule has 5 aromatic rings. The first-order valence-corrected chi connectivity index (χ1v) is 12.7. The van der Waals surface area contributed by atoms with Gasteiger partial charge in [-0.05, 0) is 84.9 Å². The quantitative estimate of drug-likeness (QED) is 0.157. The number of pyridine rings is 3. The van der Waals surface area contributed by atoms with E-state index in [2.05, 4.69) is 9.97 Å². The van der Waals surface area contributed by atoms with Gasteiger partial charge in [0, 0.05) is 23.8 Å². The molecule has 0 fully saturated rings. The van der Waals surface area contributed by atoms with Crippen LogP contribution in [-0.2, 0) is 0 Å². The first-order valence-electron chi connectivity index (χ1n) is 12.7. The molecule has 0 radical (unpaired) electrons. The Morgan fingerprint density at radius 3 is 1.07 bits per heavy atom. The van der Waals surface area contributed by atoms with E-state index in [1.54, 1.807) is 52.3 Å². The number of rotatable bonds is 10. The molecule has 0 bridgehead atoms. The van der Waals surface area contributed by atoms with E-state index in [0.29, 0.717) is 23.0 Å². The molecule has 0 aliphatic rings. The van der Waals surface area contributed by atoms with Crippen molar-refractivity contribution in [3.63, 3.8) is 0 Å². The minimum absolute atomic E-state index is 0.0384. The van der Waals surface area contributed by atoms with E-state index < -0.39 is 23.9 Å². The Hall–Kier alpha value is -6.63. The van der Waals surface area contributed by atoms with Crippen molar-refractivity contribution in [2.75, 3.05) is 9.80 Å². The van der Waals surface area contributed by atoms with Gasteiger partial charge in [0.15, 0.2) is 0 Å². The lowest BCUT2D eigenvalue weighted by molar-refractivity contribution is 0.0685. The van der Waals surface area contributed by atoms with Crippen LogP contribution in [0.2, 0.25) is 0 Å². The van der Waals surface area contributed by atoms with E-state index >= 15 is 0 Å². The Kier molecular flexibility index (Phi) is 7.93. The van der Waals surface area contributed by atoms with Crippen molar-refractivity contribution in [2.24, 2.45) is 0 Å². The average molecular weight is 592 g/mol. The van der Waals surface area contributed by atoms with Crippen molar-refractivity contribution >= 4 is 58.5 Å². The number of benzene rings is 2. The maximum absolute atomic E-state index is 11.5. The molecule has 2 aromatic carbocycles. The van der Waals surface area contributed by atoms with Gasteiger partial charge in [-0.1, -0.05) is 6.07 Å². The normalized spacial score (nSPS) is 10.5. The predicted octanol–water partition coefficient (Wildman–Crippen LogP) is 5.60. The highest BCUT2D eigenvalue weighted by Crippen LogP contribution is 2.37. The monoisotopic (exact) mass is 591 g/mol. The van der Waals surface area contributed by atoms with Gasteiger partial charge in [-0.2, -0.15) is 0 Å². The predicted molar refractivity (Wildman–Crippen MR) is 157 cm³/mol. The third-order valence-corrected chi connectivity index (χ3v) is 6.37. The Morgan fingerprint density at radius 1 is 0.432 bits per heavy atom. The zero-order chi connectivity index (χ0) is 31.4. The van der Waals surface area contributed by atoms with Crippen molar-refractivity contribution in [2.45, 2.75) is 0 Å². The number of aromatic nitrogens is 3. The smallest absolute Gasteiger partial charge is 0.337 e. The van der Waals surface area contributed by atoms with Crippen LogP contribution >= 0.6 is 0 Å². The molecular formula is C31H21N5O8. The zero-order valence-electron chi connectivity index (χ0n) is 22.5. The summed E-state index contributed by atoms with van der Waals surface area (Å²) in [5.41, 5.74) is 0.966. The molecule has 0 saturated heterocycles. The Morgan fingerprint density at radius 2 is 0.773 bits per heavy atom. The van der Waals surface area contributed by atoms with Crippen molar-refractivity contribution in [1.29, 1.82) is 0 Å². The fraction of sp³-hybridized carbons (Fsp3) is 0. The highest BCUT2D eigenvalue weighted by Gasteiger charge is 2.21. The fourth-order valence-corrected chi connectivity index (χ4v) is 4.22. The van der Waals surface area contributed by atoms with Gasteiger partial charge >= 0.3 is 23.9 Å². The third kappa shape index (κ3) is 6.01. The zero-order valence-corrected chi connectivity index (χ0v) is 22.5. The maximum atomic E-state index is 11.5. The number of aromatic carboxylic acids is 4. The van der Waals surface area contributed by atoms with Crippen LogP contribution in [0.5, 0.6) is 0 Å². The van der Waals surface area contributed by atoms with E-state index in [-0.39, 0.29) is 33.9 Å². The molecule has 3 aromatic heterocycles. The van der Waals surface area contributed by atoms with Crippen LogP contribution in [-0.4, -0.2) is 59.3 Å². The molecule has 4 N–H and O–H groups in total. The minimum Gasteiger partial charge on any atom is -0.478 e. The summed E-state index contributed by atoms with van der Waals surface area (Å²) in [6, 6.07) is 22.6. The molecule has 0 saturated carbocycles. The van der Waals surface area contributed by atoms with Gasteiger partial charge < -0.3 is 20.4 Å². The summed E-state index contributed by atoms with van der Waals surface area (Å²) in [4.78, 5) is 62.4. The number of carboxylic acid groups (broad SMARTS) is 4.